The van der Waals surface area contributed by atoms with Crippen LogP contribution in [0.15, 0.2) is 0 Å². The third kappa shape index (κ3) is 1.10. The van der Waals surface area contributed by atoms with Gasteiger partial charge in [0.25, 0.3) is 5.91 Å². The molecule has 1 fully saturated rings. The molecule has 0 unspecified atom stereocenters. The number of cyclic esters (lactones) is 1. The third-order valence-electron chi connectivity index (χ3n) is 1.37. The second-order valence-corrected chi connectivity index (χ2v) is 2.31. The zero-order valence-corrected chi connectivity index (χ0v) is 5.88. The lowest BCUT2D eigenvalue weighted by atomic mass is 10.2. The van der Waals surface area contributed by atoms with Gasteiger partial charge < -0.3 is 10.1 Å². The van der Waals surface area contributed by atoms with E-state index in [1.165, 1.54) is 0 Å². The topological polar surface area (TPSA) is 55.4 Å². The molecule has 0 radical (unpaired) electrons. The molecule has 10 heavy (non-hydrogen) atoms. The first-order chi connectivity index (χ1) is 4.61. The second-order valence-electron chi connectivity index (χ2n) is 2.31. The van der Waals surface area contributed by atoms with Crippen molar-refractivity contribution in [1.82, 2.24) is 5.32 Å². The van der Waals surface area contributed by atoms with Crippen molar-refractivity contribution < 1.29 is 14.3 Å². The van der Waals surface area contributed by atoms with Gasteiger partial charge >= 0.3 is 5.97 Å². The zero-order chi connectivity index (χ0) is 7.72. The molecule has 1 aliphatic heterocycles. The summed E-state index contributed by atoms with van der Waals surface area (Å²) in [6.07, 6.45) is -0.635. The summed E-state index contributed by atoms with van der Waals surface area (Å²) in [7, 11) is 0. The maximum absolute atomic E-state index is 10.8. The number of amides is 1. The molecule has 0 aromatic rings. The van der Waals surface area contributed by atoms with E-state index < -0.39 is 12.1 Å². The van der Waals surface area contributed by atoms with Crippen molar-refractivity contribution in [3.63, 3.8) is 0 Å². The molecule has 2 atom stereocenters. The van der Waals surface area contributed by atoms with E-state index in [-0.39, 0.29) is 11.9 Å². The fourth-order valence-electron chi connectivity index (χ4n) is 0.719. The molecule has 0 aliphatic carbocycles. The van der Waals surface area contributed by atoms with Crippen LogP contribution in [0.2, 0.25) is 0 Å². The van der Waals surface area contributed by atoms with Crippen molar-refractivity contribution in [2.24, 2.45) is 0 Å². The fraction of sp³-hybridized carbons (Fsp3) is 0.667. The first kappa shape index (κ1) is 7.05. The Morgan fingerprint density at radius 2 is 2.00 bits per heavy atom. The van der Waals surface area contributed by atoms with E-state index in [0.29, 0.717) is 0 Å². The highest BCUT2D eigenvalue weighted by Gasteiger charge is 2.29. The molecule has 56 valence electrons. The van der Waals surface area contributed by atoms with Crippen LogP contribution < -0.4 is 5.32 Å². The summed E-state index contributed by atoms with van der Waals surface area (Å²) >= 11 is 0. The highest BCUT2D eigenvalue weighted by Crippen LogP contribution is 2.02. The number of hydrogen-bond donors (Lipinski definition) is 1. The molecule has 4 heteroatoms. The maximum Gasteiger partial charge on any atom is 0.329 e. The van der Waals surface area contributed by atoms with Gasteiger partial charge in [0.1, 0.15) is 6.04 Å². The lowest BCUT2D eigenvalue weighted by Gasteiger charge is -2.23. The summed E-state index contributed by atoms with van der Waals surface area (Å²) in [6, 6.07) is -0.497. The number of ether oxygens (including phenoxy) is 1. The van der Waals surface area contributed by atoms with Crippen LogP contribution in [0.3, 0.4) is 0 Å². The molecule has 1 N–H and O–H groups in total. The van der Waals surface area contributed by atoms with Gasteiger partial charge in [-0.15, -0.1) is 0 Å². The quantitative estimate of drug-likeness (QED) is 0.462. The summed E-state index contributed by atoms with van der Waals surface area (Å²) in [6.45, 7) is 3.13. The van der Waals surface area contributed by atoms with E-state index in [1.807, 2.05) is 0 Å². The molecule has 0 bridgehead atoms. The Labute approximate surface area is 58.5 Å². The van der Waals surface area contributed by atoms with Crippen molar-refractivity contribution in [2.75, 3.05) is 0 Å². The van der Waals surface area contributed by atoms with Crippen LogP contribution >= 0.6 is 0 Å². The molecule has 1 rings (SSSR count). The van der Waals surface area contributed by atoms with Gasteiger partial charge in [0.15, 0.2) is 6.10 Å². The van der Waals surface area contributed by atoms with Crippen LogP contribution in [-0.4, -0.2) is 24.0 Å². The lowest BCUT2D eigenvalue weighted by molar-refractivity contribution is -0.163. The SMILES string of the molecule is C[C@H]1NC(=O)[C@@H](C)OC1=O. The minimum absolute atomic E-state index is 0.230. The Bertz CT molecular complexity index is 158. The first-order valence-electron chi connectivity index (χ1n) is 3.12. The minimum Gasteiger partial charge on any atom is -0.451 e. The summed E-state index contributed by atoms with van der Waals surface area (Å²) in [4.78, 5) is 21.5. The van der Waals surface area contributed by atoms with Crippen molar-refractivity contribution >= 4 is 11.9 Å². The third-order valence-corrected chi connectivity index (χ3v) is 1.37. The van der Waals surface area contributed by atoms with Crippen LogP contribution in [0, 0.1) is 0 Å². The highest BCUT2D eigenvalue weighted by molar-refractivity contribution is 5.91. The Hall–Kier alpha value is -1.06. The van der Waals surface area contributed by atoms with Crippen LogP contribution in [0.1, 0.15) is 13.8 Å². The number of carbonyl (C=O) groups is 2. The van der Waals surface area contributed by atoms with Crippen molar-refractivity contribution in [1.29, 1.82) is 0 Å². The van der Waals surface area contributed by atoms with E-state index >= 15 is 0 Å². The minimum atomic E-state index is -0.635. The number of hydrogen-bond acceptors (Lipinski definition) is 3. The Morgan fingerprint density at radius 1 is 1.40 bits per heavy atom. The fourth-order valence-corrected chi connectivity index (χ4v) is 0.719. The van der Waals surface area contributed by atoms with Crippen molar-refractivity contribution in [2.45, 2.75) is 26.0 Å². The number of rotatable bonds is 0. The average molecular weight is 143 g/mol. The van der Waals surface area contributed by atoms with E-state index in [4.69, 9.17) is 0 Å². The zero-order valence-electron chi connectivity index (χ0n) is 5.88. The summed E-state index contributed by atoms with van der Waals surface area (Å²) < 4.78 is 4.66. The van der Waals surface area contributed by atoms with Crippen LogP contribution in [-0.2, 0) is 14.3 Å². The van der Waals surface area contributed by atoms with Crippen LogP contribution in [0.25, 0.3) is 0 Å². The molecule has 0 aromatic carbocycles. The van der Waals surface area contributed by atoms with Gasteiger partial charge in [-0.3, -0.25) is 4.79 Å². The van der Waals surface area contributed by atoms with E-state index in [1.54, 1.807) is 13.8 Å². The van der Waals surface area contributed by atoms with Gasteiger partial charge in [-0.2, -0.15) is 0 Å². The van der Waals surface area contributed by atoms with Gasteiger partial charge in [-0.25, -0.2) is 4.79 Å². The molecule has 1 amide bonds. The van der Waals surface area contributed by atoms with E-state index in [0.717, 1.165) is 0 Å². The van der Waals surface area contributed by atoms with E-state index in [9.17, 15) is 9.59 Å². The largest absolute Gasteiger partial charge is 0.451 e. The normalized spacial score (nSPS) is 33.0. The molecule has 1 heterocycles. The molecule has 0 aromatic heterocycles. The lowest BCUT2D eigenvalue weighted by Crippen LogP contribution is -2.51. The average Bonchev–Trinajstić information content (AvgIpc) is 1.84. The first-order valence-corrected chi connectivity index (χ1v) is 3.12. The van der Waals surface area contributed by atoms with Gasteiger partial charge in [-0.1, -0.05) is 0 Å². The summed E-state index contributed by atoms with van der Waals surface area (Å²) in [5.74, 6) is -0.598. The molecule has 0 saturated carbocycles. The molecule has 1 saturated heterocycles. The Balaban J connectivity index is 2.63. The van der Waals surface area contributed by atoms with Gasteiger partial charge in [0, 0.05) is 0 Å². The maximum atomic E-state index is 10.8. The van der Waals surface area contributed by atoms with Crippen molar-refractivity contribution in [3.8, 4) is 0 Å². The number of esters is 1. The predicted molar refractivity (Wildman–Crippen MR) is 33.2 cm³/mol. The number of morpholine rings is 1. The summed E-state index contributed by atoms with van der Waals surface area (Å²) in [5, 5.41) is 2.47. The summed E-state index contributed by atoms with van der Waals surface area (Å²) in [5.41, 5.74) is 0. The van der Waals surface area contributed by atoms with Gasteiger partial charge in [-0.05, 0) is 13.8 Å². The monoisotopic (exact) mass is 143 g/mol. The molecule has 1 aliphatic rings. The number of carbonyl (C=O) groups excluding carboxylic acids is 2. The van der Waals surface area contributed by atoms with Crippen molar-refractivity contribution in [3.05, 3.63) is 0 Å². The Morgan fingerprint density at radius 3 is 2.50 bits per heavy atom. The van der Waals surface area contributed by atoms with Gasteiger partial charge in [0.05, 0.1) is 0 Å². The Kier molecular flexibility index (Phi) is 1.61. The smallest absolute Gasteiger partial charge is 0.329 e. The van der Waals surface area contributed by atoms with Crippen LogP contribution in [0.4, 0.5) is 0 Å². The molecule has 4 nitrogen and oxygen atoms in total. The number of nitrogens with one attached hydrogen (secondary N) is 1. The molecular weight excluding hydrogens is 134 g/mol. The second kappa shape index (κ2) is 2.28. The predicted octanol–water partition coefficient (Wildman–Crippen LogP) is -0.564. The standard InChI is InChI=1S/C6H9NO3/c1-3-6(9)10-4(2)5(8)7-3/h3-4H,1-2H3,(H,7,8)/t3-,4-/m1/s1. The van der Waals surface area contributed by atoms with Gasteiger partial charge in [0.2, 0.25) is 0 Å². The highest BCUT2D eigenvalue weighted by atomic mass is 16.6. The molecule has 0 spiro atoms. The van der Waals surface area contributed by atoms with E-state index in [2.05, 4.69) is 10.1 Å². The van der Waals surface area contributed by atoms with Crippen LogP contribution in [0.5, 0.6) is 0 Å². The molecular formula is C6H9NO3.